The fourth-order valence-corrected chi connectivity index (χ4v) is 5.27. The summed E-state index contributed by atoms with van der Waals surface area (Å²) in [4.78, 5) is 34.8. The van der Waals surface area contributed by atoms with Gasteiger partial charge in [0.15, 0.2) is 0 Å². The molecule has 2 aromatic carbocycles. The molecule has 3 aromatic rings. The third-order valence-electron chi connectivity index (χ3n) is 5.81. The van der Waals surface area contributed by atoms with Crippen molar-refractivity contribution >= 4 is 40.6 Å². The van der Waals surface area contributed by atoms with Gasteiger partial charge in [0.1, 0.15) is 10.9 Å². The van der Waals surface area contributed by atoms with Crippen LogP contribution in [0.25, 0.3) is 21.8 Å². The number of nitrogens with zero attached hydrogens (tertiary/aromatic N) is 2. The molecule has 1 aromatic heterocycles. The summed E-state index contributed by atoms with van der Waals surface area (Å²) < 4.78 is 10.1. The van der Waals surface area contributed by atoms with Crippen LogP contribution in [0.3, 0.4) is 0 Å². The summed E-state index contributed by atoms with van der Waals surface area (Å²) in [6.07, 6.45) is 0. The predicted molar refractivity (Wildman–Crippen MR) is 134 cm³/mol. The Morgan fingerprint density at radius 1 is 1.00 bits per heavy atom. The minimum absolute atomic E-state index is 0.347. The van der Waals surface area contributed by atoms with E-state index in [4.69, 9.17) is 26.1 Å². The van der Waals surface area contributed by atoms with Gasteiger partial charge in [0.25, 0.3) is 0 Å². The lowest BCUT2D eigenvalue weighted by Crippen LogP contribution is -2.36. The third-order valence-corrected chi connectivity index (χ3v) is 6.93. The van der Waals surface area contributed by atoms with Crippen LogP contribution in [0.4, 0.5) is 0 Å². The largest absolute Gasteiger partial charge is 0.468 e. The number of ether oxygens (including phenoxy) is 2. The Labute approximate surface area is 206 Å². The van der Waals surface area contributed by atoms with Crippen molar-refractivity contribution < 1.29 is 19.1 Å². The number of aromatic nitrogens is 1. The molecule has 1 aliphatic rings. The van der Waals surface area contributed by atoms with Crippen molar-refractivity contribution in [2.45, 2.75) is 19.8 Å². The number of carbonyl (C=O) groups excluding carboxylic acids is 2. The van der Waals surface area contributed by atoms with Crippen LogP contribution in [-0.2, 0) is 19.1 Å². The molecule has 2 heterocycles. The van der Waals surface area contributed by atoms with Crippen molar-refractivity contribution in [3.05, 3.63) is 75.8 Å². The Morgan fingerprint density at radius 2 is 1.74 bits per heavy atom. The van der Waals surface area contributed by atoms with Crippen LogP contribution >= 0.6 is 22.9 Å². The molecule has 0 fully saturated rings. The number of methoxy groups -OCH3 is 2. The molecule has 6 nitrogen and oxygen atoms in total. The summed E-state index contributed by atoms with van der Waals surface area (Å²) in [6.45, 7) is 3.52. The second-order valence-electron chi connectivity index (χ2n) is 7.90. The number of aliphatic imine (C=N–C) groups is 1. The van der Waals surface area contributed by atoms with Crippen LogP contribution < -0.4 is 0 Å². The lowest BCUT2D eigenvalue weighted by molar-refractivity contribution is -0.143. The zero-order valence-corrected chi connectivity index (χ0v) is 20.7. The minimum atomic E-state index is -0.739. The Balaban J connectivity index is 1.79. The first-order chi connectivity index (χ1) is 16.3. The van der Waals surface area contributed by atoms with Crippen LogP contribution in [0, 0.1) is 5.92 Å². The number of rotatable bonds is 5. The van der Waals surface area contributed by atoms with E-state index in [9.17, 15) is 9.59 Å². The smallest absolute Gasteiger partial charge is 0.336 e. The lowest BCUT2D eigenvalue weighted by atomic mass is 9.75. The van der Waals surface area contributed by atoms with E-state index in [-0.39, 0.29) is 0 Å². The standard InChI is InChI=1S/C26H23ClN2O4S/c1-14-21(25(30)32-3)23(22(15(2)28-14)26(31)33-4)17-8-5-9-18(11-17)24-29-20(13-34-24)16-7-6-10-19(27)12-16/h5-13,21,23H,1-4H3. The van der Waals surface area contributed by atoms with E-state index in [0.717, 1.165) is 27.4 Å². The van der Waals surface area contributed by atoms with Crippen molar-refractivity contribution in [2.24, 2.45) is 10.9 Å². The molecule has 0 amide bonds. The van der Waals surface area contributed by atoms with Crippen molar-refractivity contribution in [3.8, 4) is 21.8 Å². The molecule has 0 N–H and O–H groups in total. The fraction of sp³-hybridized carbons (Fsp3) is 0.231. The number of carbonyl (C=O) groups is 2. The van der Waals surface area contributed by atoms with Crippen LogP contribution in [0.1, 0.15) is 25.3 Å². The molecule has 0 radical (unpaired) electrons. The Morgan fingerprint density at radius 3 is 2.44 bits per heavy atom. The van der Waals surface area contributed by atoms with E-state index < -0.39 is 23.8 Å². The van der Waals surface area contributed by atoms with Crippen LogP contribution in [0.5, 0.6) is 0 Å². The molecule has 4 rings (SSSR count). The van der Waals surface area contributed by atoms with Crippen molar-refractivity contribution in [2.75, 3.05) is 14.2 Å². The highest BCUT2D eigenvalue weighted by atomic mass is 35.5. The fourth-order valence-electron chi connectivity index (χ4n) is 4.26. The molecule has 0 spiro atoms. The molecule has 0 saturated heterocycles. The summed E-state index contributed by atoms with van der Waals surface area (Å²) in [7, 11) is 2.65. The maximum Gasteiger partial charge on any atom is 0.336 e. The zero-order chi connectivity index (χ0) is 24.4. The van der Waals surface area contributed by atoms with Gasteiger partial charge in [-0.3, -0.25) is 9.79 Å². The van der Waals surface area contributed by atoms with Gasteiger partial charge >= 0.3 is 11.9 Å². The monoisotopic (exact) mass is 494 g/mol. The molecule has 8 heteroatoms. The average Bonchev–Trinajstić information content (AvgIpc) is 3.33. The molecule has 0 aliphatic carbocycles. The van der Waals surface area contributed by atoms with Gasteiger partial charge in [-0.2, -0.15) is 0 Å². The van der Waals surface area contributed by atoms with Gasteiger partial charge in [-0.25, -0.2) is 9.78 Å². The molecule has 0 saturated carbocycles. The lowest BCUT2D eigenvalue weighted by Gasteiger charge is -2.31. The van der Waals surface area contributed by atoms with Gasteiger partial charge in [0, 0.05) is 38.9 Å². The first-order valence-electron chi connectivity index (χ1n) is 10.6. The van der Waals surface area contributed by atoms with Gasteiger partial charge < -0.3 is 9.47 Å². The quantitative estimate of drug-likeness (QED) is 0.411. The summed E-state index contributed by atoms with van der Waals surface area (Å²) in [6, 6.07) is 15.2. The van der Waals surface area contributed by atoms with E-state index in [1.165, 1.54) is 25.6 Å². The summed E-state index contributed by atoms with van der Waals surface area (Å²) >= 11 is 7.65. The van der Waals surface area contributed by atoms with Crippen LogP contribution in [0.15, 0.2) is 70.2 Å². The van der Waals surface area contributed by atoms with Crippen LogP contribution in [-0.4, -0.2) is 36.9 Å². The second kappa shape index (κ2) is 9.91. The maximum absolute atomic E-state index is 12.8. The van der Waals surface area contributed by atoms with E-state index in [2.05, 4.69) is 4.99 Å². The highest BCUT2D eigenvalue weighted by Gasteiger charge is 2.42. The van der Waals surface area contributed by atoms with E-state index in [1.54, 1.807) is 13.8 Å². The van der Waals surface area contributed by atoms with Crippen molar-refractivity contribution in [3.63, 3.8) is 0 Å². The number of halogens is 1. The van der Waals surface area contributed by atoms with Gasteiger partial charge in [0.2, 0.25) is 0 Å². The van der Waals surface area contributed by atoms with E-state index in [0.29, 0.717) is 22.0 Å². The number of hydrogen-bond acceptors (Lipinski definition) is 7. The predicted octanol–water partition coefficient (Wildman–Crippen LogP) is 5.92. The molecule has 2 atom stereocenters. The number of esters is 2. The van der Waals surface area contributed by atoms with Gasteiger partial charge in [-0.1, -0.05) is 41.9 Å². The number of thiazole rings is 1. The number of benzene rings is 2. The summed E-state index contributed by atoms with van der Waals surface area (Å²) in [5.41, 5.74) is 4.87. The molecule has 2 unspecified atom stereocenters. The number of hydrogen-bond donors (Lipinski definition) is 0. The second-order valence-corrected chi connectivity index (χ2v) is 9.19. The minimum Gasteiger partial charge on any atom is -0.468 e. The first-order valence-corrected chi connectivity index (χ1v) is 11.8. The van der Waals surface area contributed by atoms with Crippen molar-refractivity contribution in [1.29, 1.82) is 0 Å². The summed E-state index contributed by atoms with van der Waals surface area (Å²) in [5, 5.41) is 3.44. The molecule has 34 heavy (non-hydrogen) atoms. The molecule has 1 aliphatic heterocycles. The first kappa shape index (κ1) is 23.9. The molecular formula is C26H23ClN2O4S. The van der Waals surface area contributed by atoms with Gasteiger partial charge in [0.05, 0.1) is 25.5 Å². The van der Waals surface area contributed by atoms with Crippen LogP contribution in [0.2, 0.25) is 5.02 Å². The Kier molecular flexibility index (Phi) is 6.95. The maximum atomic E-state index is 12.8. The SMILES string of the molecule is COC(=O)C1=C(C)N=C(C)C(C(=O)OC)C1c1cccc(-c2nc(-c3cccc(Cl)c3)cs2)c1. The highest BCUT2D eigenvalue weighted by Crippen LogP contribution is 2.41. The van der Waals surface area contributed by atoms with Crippen molar-refractivity contribution in [1.82, 2.24) is 4.98 Å². The van der Waals surface area contributed by atoms with Gasteiger partial charge in [-0.15, -0.1) is 11.3 Å². The Bertz CT molecular complexity index is 1330. The highest BCUT2D eigenvalue weighted by molar-refractivity contribution is 7.13. The normalized spacial score (nSPS) is 17.9. The number of allylic oxidation sites excluding steroid dienone is 1. The third kappa shape index (κ3) is 4.54. The molecule has 0 bridgehead atoms. The molecular weight excluding hydrogens is 472 g/mol. The van der Waals surface area contributed by atoms with E-state index >= 15 is 0 Å². The van der Waals surface area contributed by atoms with E-state index in [1.807, 2.05) is 53.9 Å². The zero-order valence-electron chi connectivity index (χ0n) is 19.2. The molecule has 174 valence electrons. The average molecular weight is 495 g/mol. The van der Waals surface area contributed by atoms with Gasteiger partial charge in [-0.05, 0) is 37.6 Å². The Hall–Kier alpha value is -3.29. The topological polar surface area (TPSA) is 77.8 Å². The summed E-state index contributed by atoms with van der Waals surface area (Å²) in [5.74, 6) is -2.31.